The average molecular weight is 402 g/mol. The van der Waals surface area contributed by atoms with Crippen LogP contribution in [0.4, 0.5) is 4.79 Å². The number of amides is 1. The third-order valence-corrected chi connectivity index (χ3v) is 4.35. The molecule has 0 radical (unpaired) electrons. The molecule has 1 N–H and O–H groups in total. The molecule has 1 rings (SSSR count). The van der Waals surface area contributed by atoms with Gasteiger partial charge in [0.25, 0.3) is 0 Å². The van der Waals surface area contributed by atoms with Gasteiger partial charge in [0.15, 0.2) is 5.78 Å². The summed E-state index contributed by atoms with van der Waals surface area (Å²) in [6.07, 6.45) is 3.68. The number of rotatable bonds is 7. The van der Waals surface area contributed by atoms with Gasteiger partial charge in [-0.05, 0) is 60.8 Å². The third-order valence-electron chi connectivity index (χ3n) is 3.27. The standard InChI is InChI=1S/C19H28ClNO4S/c1-19(2,3)25-18(23)21-16(10-11-17(22)13-26(4,5)24)12-14-6-8-15(20)9-7-14/h6-9,13,16H,10-12H2,1-5H3,(H,21,23)/t16-/m1/s1. The van der Waals surface area contributed by atoms with E-state index in [0.29, 0.717) is 17.9 Å². The molecule has 5 nitrogen and oxygen atoms in total. The summed E-state index contributed by atoms with van der Waals surface area (Å²) in [5, 5.41) is 4.72. The number of carbonyl (C=O) groups is 2. The molecule has 0 aliphatic heterocycles. The Kier molecular flexibility index (Phi) is 8.15. The van der Waals surface area contributed by atoms with Gasteiger partial charge in [0, 0.05) is 35.4 Å². The lowest BCUT2D eigenvalue weighted by molar-refractivity contribution is -0.112. The second-order valence-electron chi connectivity index (χ2n) is 7.61. The molecule has 1 aromatic carbocycles. The molecule has 0 saturated carbocycles. The first-order valence-electron chi connectivity index (χ1n) is 8.40. The summed E-state index contributed by atoms with van der Waals surface area (Å²) in [5.74, 6) is -0.188. The van der Waals surface area contributed by atoms with Crippen molar-refractivity contribution in [3.05, 3.63) is 34.9 Å². The number of hydrogen-bond donors (Lipinski definition) is 1. The normalized spacial score (nSPS) is 13.0. The lowest BCUT2D eigenvalue weighted by Crippen LogP contribution is -2.40. The fourth-order valence-electron chi connectivity index (χ4n) is 2.30. The van der Waals surface area contributed by atoms with Gasteiger partial charge in [-0.1, -0.05) is 23.7 Å². The number of carbonyl (C=O) groups excluding carboxylic acids is 2. The molecule has 0 fully saturated rings. The molecule has 0 spiro atoms. The quantitative estimate of drug-likeness (QED) is 0.710. The molecule has 0 heterocycles. The molecular formula is C19H28ClNO4S. The maximum atomic E-state index is 12.1. The van der Waals surface area contributed by atoms with E-state index in [4.69, 9.17) is 16.3 Å². The fourth-order valence-corrected chi connectivity index (χ4v) is 3.17. The smallest absolute Gasteiger partial charge is 0.407 e. The van der Waals surface area contributed by atoms with E-state index in [1.807, 2.05) is 12.1 Å². The number of nitrogens with one attached hydrogen (secondary N) is 1. The summed E-state index contributed by atoms with van der Waals surface area (Å²) in [4.78, 5) is 24.1. The predicted molar refractivity (Wildman–Crippen MR) is 109 cm³/mol. The molecule has 26 heavy (non-hydrogen) atoms. The van der Waals surface area contributed by atoms with Gasteiger partial charge in [0.2, 0.25) is 0 Å². The van der Waals surface area contributed by atoms with Crippen LogP contribution in [0.1, 0.15) is 39.2 Å². The van der Waals surface area contributed by atoms with Crippen molar-refractivity contribution in [3.63, 3.8) is 0 Å². The van der Waals surface area contributed by atoms with Crippen LogP contribution in [0.25, 0.3) is 0 Å². The first-order chi connectivity index (χ1) is 11.8. The second-order valence-corrected chi connectivity index (χ2v) is 10.9. The van der Waals surface area contributed by atoms with Gasteiger partial charge in [-0.25, -0.2) is 4.79 Å². The Morgan fingerprint density at radius 3 is 2.31 bits per heavy atom. The van der Waals surface area contributed by atoms with Crippen molar-refractivity contribution in [3.8, 4) is 0 Å². The number of hydrogen-bond acceptors (Lipinski definition) is 4. The molecule has 0 unspecified atom stereocenters. The number of alkyl carbamates (subject to hydrolysis) is 1. The van der Waals surface area contributed by atoms with Crippen molar-refractivity contribution < 1.29 is 18.5 Å². The number of ether oxygens (including phenoxy) is 1. The van der Waals surface area contributed by atoms with E-state index >= 15 is 0 Å². The maximum absolute atomic E-state index is 12.1. The fraction of sp³-hybridized carbons (Fsp3) is 0.526. The van der Waals surface area contributed by atoms with E-state index in [9.17, 15) is 13.8 Å². The Morgan fingerprint density at radius 2 is 1.81 bits per heavy atom. The molecule has 1 atom stereocenters. The molecule has 7 heteroatoms. The van der Waals surface area contributed by atoms with Gasteiger partial charge in [0.1, 0.15) is 5.60 Å². The summed E-state index contributed by atoms with van der Waals surface area (Å²) in [6, 6.07) is 7.04. The van der Waals surface area contributed by atoms with Crippen LogP contribution in [0.2, 0.25) is 5.02 Å². The monoisotopic (exact) mass is 401 g/mol. The van der Waals surface area contributed by atoms with Gasteiger partial charge < -0.3 is 10.1 Å². The van der Waals surface area contributed by atoms with Crippen LogP contribution in [0.15, 0.2) is 24.3 Å². The minimum Gasteiger partial charge on any atom is -0.444 e. The van der Waals surface area contributed by atoms with E-state index in [2.05, 4.69) is 5.32 Å². The SMILES string of the molecule is CC(C)(C)OC(=O)N[C@H](CCC(=O)C=S(C)(C)=O)Cc1ccc(Cl)cc1. The van der Waals surface area contributed by atoms with Crippen molar-refractivity contribution in [1.29, 1.82) is 0 Å². The van der Waals surface area contributed by atoms with Crippen molar-refractivity contribution in [2.45, 2.75) is 51.7 Å². The summed E-state index contributed by atoms with van der Waals surface area (Å²) in [5.41, 5.74) is 0.385. The van der Waals surface area contributed by atoms with Gasteiger partial charge in [-0.2, -0.15) is 0 Å². The highest BCUT2D eigenvalue weighted by molar-refractivity contribution is 8.01. The average Bonchev–Trinajstić information content (AvgIpc) is 2.43. The maximum Gasteiger partial charge on any atom is 0.407 e. The zero-order chi connectivity index (χ0) is 20.0. The highest BCUT2D eigenvalue weighted by Crippen LogP contribution is 2.14. The summed E-state index contributed by atoms with van der Waals surface area (Å²) >= 11 is 5.90. The molecule has 0 aliphatic rings. The van der Waals surface area contributed by atoms with Crippen molar-refractivity contribution in [2.24, 2.45) is 0 Å². The van der Waals surface area contributed by atoms with E-state index in [1.54, 1.807) is 32.9 Å². The molecule has 0 aliphatic carbocycles. The minimum absolute atomic E-state index is 0.188. The number of ketones is 1. The first-order valence-corrected chi connectivity index (χ1v) is 11.2. The highest BCUT2D eigenvalue weighted by Gasteiger charge is 2.20. The molecule has 1 aromatic rings. The molecular weight excluding hydrogens is 374 g/mol. The minimum atomic E-state index is -2.23. The Hall–Kier alpha value is -1.53. The number of halogens is 1. The molecule has 0 saturated heterocycles. The Morgan fingerprint density at radius 1 is 1.23 bits per heavy atom. The van der Waals surface area contributed by atoms with E-state index in [-0.39, 0.29) is 18.2 Å². The highest BCUT2D eigenvalue weighted by atomic mass is 35.5. The third kappa shape index (κ3) is 10.5. The lowest BCUT2D eigenvalue weighted by atomic mass is 10.0. The Labute approximate surface area is 161 Å². The van der Waals surface area contributed by atoms with Crippen LogP contribution in [0.5, 0.6) is 0 Å². The molecule has 1 amide bonds. The van der Waals surface area contributed by atoms with Crippen LogP contribution < -0.4 is 5.32 Å². The molecule has 146 valence electrons. The van der Waals surface area contributed by atoms with Crippen LogP contribution in [-0.2, 0) is 25.5 Å². The van der Waals surface area contributed by atoms with Gasteiger partial charge >= 0.3 is 6.09 Å². The van der Waals surface area contributed by atoms with Gasteiger partial charge in [-0.15, -0.1) is 0 Å². The largest absolute Gasteiger partial charge is 0.444 e. The van der Waals surface area contributed by atoms with Gasteiger partial charge in [-0.3, -0.25) is 9.00 Å². The zero-order valence-electron chi connectivity index (χ0n) is 16.0. The van der Waals surface area contributed by atoms with E-state index < -0.39 is 21.2 Å². The van der Waals surface area contributed by atoms with Crippen LogP contribution in [-0.4, -0.2) is 45.6 Å². The van der Waals surface area contributed by atoms with Crippen LogP contribution >= 0.6 is 11.6 Å². The van der Waals surface area contributed by atoms with Crippen LogP contribution in [0.3, 0.4) is 0 Å². The number of Topliss-reactive ketones (excluding diaryl/α,β-unsaturated/α-hetero) is 1. The molecule has 0 bridgehead atoms. The van der Waals surface area contributed by atoms with Crippen molar-refractivity contribution in [2.75, 3.05) is 12.5 Å². The number of benzene rings is 1. The van der Waals surface area contributed by atoms with Crippen LogP contribution in [0, 0.1) is 0 Å². The van der Waals surface area contributed by atoms with E-state index in [0.717, 1.165) is 5.56 Å². The zero-order valence-corrected chi connectivity index (χ0v) is 17.6. The predicted octanol–water partition coefficient (Wildman–Crippen LogP) is 3.47. The van der Waals surface area contributed by atoms with Gasteiger partial charge in [0.05, 0.1) is 0 Å². The Balaban J connectivity index is 2.80. The molecule has 0 aromatic heterocycles. The first kappa shape index (κ1) is 22.5. The Bertz CT molecular complexity index is 736. The van der Waals surface area contributed by atoms with Crippen molar-refractivity contribution in [1.82, 2.24) is 5.32 Å². The van der Waals surface area contributed by atoms with E-state index in [1.165, 1.54) is 17.9 Å². The topological polar surface area (TPSA) is 72.5 Å². The summed E-state index contributed by atoms with van der Waals surface area (Å²) in [7, 11) is -2.23. The summed E-state index contributed by atoms with van der Waals surface area (Å²) < 4.78 is 17.0. The van der Waals surface area contributed by atoms with Crippen molar-refractivity contribution >= 4 is 38.4 Å². The summed E-state index contributed by atoms with van der Waals surface area (Å²) in [6.45, 7) is 5.37. The second kappa shape index (κ2) is 9.42. The lowest BCUT2D eigenvalue weighted by Gasteiger charge is -2.23.